The Labute approximate surface area is 212 Å². The molecule has 1 aliphatic heterocycles. The van der Waals surface area contributed by atoms with Crippen LogP contribution in [-0.4, -0.2) is 57.0 Å². The first-order valence-corrected chi connectivity index (χ1v) is 11.9. The van der Waals surface area contributed by atoms with E-state index in [9.17, 15) is 32.8 Å². The zero-order valence-corrected chi connectivity index (χ0v) is 21.1. The molecule has 2 fully saturated rings. The Morgan fingerprint density at radius 3 is 2.46 bits per heavy atom. The number of fused-ring (bicyclic) bond motifs is 2. The van der Waals surface area contributed by atoms with Gasteiger partial charge in [-0.05, 0) is 34.8 Å². The number of piperidine rings is 1. The van der Waals surface area contributed by atoms with E-state index in [1.807, 2.05) is 19.2 Å². The lowest BCUT2D eigenvalue weighted by atomic mass is 9.85. The molecular weight excluding hydrogens is 489 g/mol. The highest BCUT2D eigenvalue weighted by atomic mass is 19.4. The molecule has 0 spiro atoms. The Balaban J connectivity index is 1.61. The number of aromatic nitrogens is 2. The third-order valence-corrected chi connectivity index (χ3v) is 7.59. The first-order chi connectivity index (χ1) is 17.1. The molecule has 198 valence electrons. The largest absolute Gasteiger partial charge is 0.471 e. The summed E-state index contributed by atoms with van der Waals surface area (Å²) in [4.78, 5) is 40.2. The van der Waals surface area contributed by atoms with Gasteiger partial charge in [0.2, 0.25) is 11.8 Å². The van der Waals surface area contributed by atoms with Gasteiger partial charge in [-0.15, -0.1) is 0 Å². The Hall–Kier alpha value is -3.62. The number of amides is 3. The Kier molecular flexibility index (Phi) is 6.25. The molecule has 2 N–H and O–H groups in total. The van der Waals surface area contributed by atoms with Crippen LogP contribution in [0.3, 0.4) is 0 Å². The summed E-state index contributed by atoms with van der Waals surface area (Å²) in [6.45, 7) is 8.71. The molecule has 5 atom stereocenters. The number of hydrogen-bond acceptors (Lipinski definition) is 5. The van der Waals surface area contributed by atoms with Gasteiger partial charge in [0.05, 0.1) is 17.8 Å². The minimum Gasteiger partial charge on any atom is -0.336 e. The summed E-state index contributed by atoms with van der Waals surface area (Å²) < 4.78 is 40.6. The van der Waals surface area contributed by atoms with Crippen molar-refractivity contribution in [2.45, 2.75) is 58.9 Å². The number of nitrogens with zero attached hydrogens (tertiary/aromatic N) is 4. The molecule has 2 aliphatic rings. The standard InChI is InChI=1S/C25H29F3N6O3/c1-23(2,3)19(32-22(37)25(26,27)28)21(36)33-12-14-17(24(14,4)5)18(33)20(35)31-15(10-29)13-11-30-34-9-7-6-8-16(13)34/h6-9,11,14-15,17-19H,12H2,1-5H3,(H,31,35)(H,32,37)/t14-,15?,17-,18-,19?/m0/s1. The number of hydrogen-bond donors (Lipinski definition) is 2. The van der Waals surface area contributed by atoms with Gasteiger partial charge >= 0.3 is 12.1 Å². The third kappa shape index (κ3) is 4.63. The van der Waals surface area contributed by atoms with E-state index in [0.717, 1.165) is 0 Å². The first-order valence-electron chi connectivity index (χ1n) is 11.9. The quantitative estimate of drug-likeness (QED) is 0.631. The lowest BCUT2D eigenvalue weighted by Gasteiger charge is -2.37. The van der Waals surface area contributed by atoms with Gasteiger partial charge in [0.25, 0.3) is 0 Å². The lowest BCUT2D eigenvalue weighted by molar-refractivity contribution is -0.176. The van der Waals surface area contributed by atoms with Crippen LogP contribution in [-0.2, 0) is 14.4 Å². The van der Waals surface area contributed by atoms with Crippen molar-refractivity contribution >= 4 is 23.2 Å². The van der Waals surface area contributed by atoms with Crippen LogP contribution < -0.4 is 10.6 Å². The summed E-state index contributed by atoms with van der Waals surface area (Å²) in [7, 11) is 0. The number of nitrogens with one attached hydrogen (secondary N) is 2. The number of carbonyl (C=O) groups is 3. The predicted octanol–water partition coefficient (Wildman–Crippen LogP) is 2.59. The number of likely N-dealkylation sites (tertiary alicyclic amines) is 1. The molecule has 0 radical (unpaired) electrons. The predicted molar refractivity (Wildman–Crippen MR) is 125 cm³/mol. The second kappa shape index (κ2) is 8.75. The van der Waals surface area contributed by atoms with E-state index in [2.05, 4.69) is 16.5 Å². The monoisotopic (exact) mass is 518 g/mol. The van der Waals surface area contributed by atoms with Crippen LogP contribution in [0.2, 0.25) is 0 Å². The molecule has 0 bridgehead atoms. The van der Waals surface area contributed by atoms with Gasteiger partial charge in [0, 0.05) is 18.3 Å². The smallest absolute Gasteiger partial charge is 0.336 e. The van der Waals surface area contributed by atoms with E-state index < -0.39 is 47.4 Å². The van der Waals surface area contributed by atoms with Crippen LogP contribution in [0, 0.1) is 34.0 Å². The lowest BCUT2D eigenvalue weighted by Crippen LogP contribution is -2.60. The summed E-state index contributed by atoms with van der Waals surface area (Å²) in [5.74, 6) is -3.84. The van der Waals surface area contributed by atoms with Crippen molar-refractivity contribution < 1.29 is 27.6 Å². The normalized spacial score (nSPS) is 24.1. The molecule has 3 heterocycles. The molecule has 0 aromatic carbocycles. The van der Waals surface area contributed by atoms with Crippen LogP contribution in [0.15, 0.2) is 30.6 Å². The van der Waals surface area contributed by atoms with Gasteiger partial charge in [0.1, 0.15) is 18.1 Å². The zero-order valence-electron chi connectivity index (χ0n) is 21.1. The second-order valence-corrected chi connectivity index (χ2v) is 11.4. The van der Waals surface area contributed by atoms with E-state index in [1.54, 1.807) is 49.7 Å². The van der Waals surface area contributed by atoms with Crippen molar-refractivity contribution in [3.8, 4) is 6.07 Å². The highest BCUT2D eigenvalue weighted by Gasteiger charge is 2.70. The molecule has 1 saturated heterocycles. The zero-order chi connectivity index (χ0) is 27.5. The molecule has 3 amide bonds. The van der Waals surface area contributed by atoms with Crippen molar-refractivity contribution in [1.82, 2.24) is 25.1 Å². The molecule has 2 unspecified atom stereocenters. The topological polar surface area (TPSA) is 120 Å². The Morgan fingerprint density at radius 2 is 1.86 bits per heavy atom. The van der Waals surface area contributed by atoms with Crippen molar-refractivity contribution in [2.75, 3.05) is 6.54 Å². The molecule has 1 saturated carbocycles. The number of rotatable bonds is 5. The van der Waals surface area contributed by atoms with E-state index >= 15 is 0 Å². The number of carbonyl (C=O) groups excluding carboxylic acids is 3. The van der Waals surface area contributed by atoms with Gasteiger partial charge in [-0.2, -0.15) is 23.5 Å². The molecule has 1 aliphatic carbocycles. The van der Waals surface area contributed by atoms with Crippen molar-refractivity contribution in [1.29, 1.82) is 5.26 Å². The maximum atomic E-state index is 13.6. The van der Waals surface area contributed by atoms with Crippen molar-refractivity contribution in [3.63, 3.8) is 0 Å². The molecule has 4 rings (SSSR count). The minimum absolute atomic E-state index is 0.0383. The molecule has 9 nitrogen and oxygen atoms in total. The molecule has 2 aromatic heterocycles. The number of halogens is 3. The Morgan fingerprint density at radius 1 is 1.19 bits per heavy atom. The molecule has 37 heavy (non-hydrogen) atoms. The summed E-state index contributed by atoms with van der Waals surface area (Å²) in [5, 5.41) is 18.6. The summed E-state index contributed by atoms with van der Waals surface area (Å²) >= 11 is 0. The fourth-order valence-corrected chi connectivity index (χ4v) is 5.42. The highest BCUT2D eigenvalue weighted by Crippen LogP contribution is 2.65. The SMILES string of the molecule is CC(C)(C)C(NC(=O)C(F)(F)F)C(=O)N1C[C@H]2[C@@H]([C@H]1C(=O)NC(C#N)c1cnn3ccccc13)C2(C)C. The van der Waals surface area contributed by atoms with Gasteiger partial charge in [-0.25, -0.2) is 4.52 Å². The van der Waals surface area contributed by atoms with Crippen LogP contribution in [0.5, 0.6) is 0 Å². The molecular formula is C25H29F3N6O3. The molecule has 2 aromatic rings. The fourth-order valence-electron chi connectivity index (χ4n) is 5.42. The van der Waals surface area contributed by atoms with Crippen LogP contribution >= 0.6 is 0 Å². The third-order valence-electron chi connectivity index (χ3n) is 7.59. The Bertz CT molecular complexity index is 1290. The number of alkyl halides is 3. The first kappa shape index (κ1) is 26.4. The van der Waals surface area contributed by atoms with Gasteiger partial charge in [-0.1, -0.05) is 40.7 Å². The summed E-state index contributed by atoms with van der Waals surface area (Å²) in [5.41, 5.74) is -0.226. The van der Waals surface area contributed by atoms with Crippen LogP contribution in [0.25, 0.3) is 5.52 Å². The van der Waals surface area contributed by atoms with Crippen LogP contribution in [0.1, 0.15) is 46.2 Å². The number of nitriles is 1. The van der Waals surface area contributed by atoms with Crippen molar-refractivity contribution in [3.05, 3.63) is 36.2 Å². The maximum absolute atomic E-state index is 13.6. The number of pyridine rings is 1. The molecule has 12 heteroatoms. The summed E-state index contributed by atoms with van der Waals surface area (Å²) in [6, 6.07) is 3.78. The highest BCUT2D eigenvalue weighted by molar-refractivity contribution is 5.95. The summed E-state index contributed by atoms with van der Waals surface area (Å²) in [6.07, 6.45) is -1.98. The van der Waals surface area contributed by atoms with E-state index in [4.69, 9.17) is 0 Å². The van der Waals surface area contributed by atoms with Gasteiger partial charge in [-0.3, -0.25) is 14.4 Å². The van der Waals surface area contributed by atoms with E-state index in [0.29, 0.717) is 11.1 Å². The average Bonchev–Trinajstić information content (AvgIpc) is 3.19. The maximum Gasteiger partial charge on any atom is 0.471 e. The van der Waals surface area contributed by atoms with E-state index in [-0.39, 0.29) is 23.8 Å². The van der Waals surface area contributed by atoms with Crippen LogP contribution in [0.4, 0.5) is 13.2 Å². The minimum atomic E-state index is -5.16. The fraction of sp³-hybridized carbons (Fsp3) is 0.560. The van der Waals surface area contributed by atoms with E-state index in [1.165, 1.54) is 11.1 Å². The van der Waals surface area contributed by atoms with Crippen molar-refractivity contribution in [2.24, 2.45) is 22.7 Å². The average molecular weight is 519 g/mol. The second-order valence-electron chi connectivity index (χ2n) is 11.4. The van der Waals surface area contributed by atoms with Gasteiger partial charge < -0.3 is 15.5 Å². The van der Waals surface area contributed by atoms with Gasteiger partial charge in [0.15, 0.2) is 0 Å².